The van der Waals surface area contributed by atoms with Crippen LogP contribution in [0.25, 0.3) is 0 Å². The van der Waals surface area contributed by atoms with Gasteiger partial charge in [-0.1, -0.05) is 29.8 Å². The maximum absolute atomic E-state index is 12.9. The molecule has 1 aromatic rings. The summed E-state index contributed by atoms with van der Waals surface area (Å²) in [6.07, 6.45) is 5.43. The van der Waals surface area contributed by atoms with E-state index in [0.29, 0.717) is 11.8 Å². The van der Waals surface area contributed by atoms with E-state index in [2.05, 4.69) is 17.5 Å². The molecule has 134 valence electrons. The molecule has 5 heteroatoms. The van der Waals surface area contributed by atoms with Crippen molar-refractivity contribution in [3.63, 3.8) is 0 Å². The minimum absolute atomic E-state index is 0.152. The number of aryl methyl sites for hydroxylation is 2. The first-order chi connectivity index (χ1) is 12.5. The smallest absolute Gasteiger partial charge is 0.244 e. The molecule has 1 saturated heterocycles. The number of nitrogens with zero attached hydrogens (tertiary/aromatic N) is 1. The number of imide groups is 1. The topological polar surface area (TPSA) is 66.5 Å². The molecular formula is C21H22N2O3. The summed E-state index contributed by atoms with van der Waals surface area (Å²) in [5.74, 6) is 0.436. The van der Waals surface area contributed by atoms with Gasteiger partial charge in [0.25, 0.3) is 0 Å². The Balaban J connectivity index is 1.33. The van der Waals surface area contributed by atoms with E-state index in [1.54, 1.807) is 0 Å². The van der Waals surface area contributed by atoms with Crippen LogP contribution in [0, 0.1) is 49.4 Å². The molecule has 5 nitrogen and oxygen atoms in total. The molecular weight excluding hydrogens is 328 g/mol. The zero-order valence-electron chi connectivity index (χ0n) is 14.9. The molecule has 6 atom stereocenters. The van der Waals surface area contributed by atoms with Crippen molar-refractivity contribution >= 4 is 23.4 Å². The molecule has 2 saturated carbocycles. The van der Waals surface area contributed by atoms with Crippen LogP contribution in [0.15, 0.2) is 30.4 Å². The van der Waals surface area contributed by atoms with Crippen LogP contribution < -0.4 is 5.32 Å². The summed E-state index contributed by atoms with van der Waals surface area (Å²) in [5.41, 5.74) is 2.81. The monoisotopic (exact) mass is 350 g/mol. The molecule has 0 spiro atoms. The van der Waals surface area contributed by atoms with Crippen LogP contribution in [-0.4, -0.2) is 29.2 Å². The molecule has 1 heterocycles. The fourth-order valence-corrected chi connectivity index (χ4v) is 5.46. The summed E-state index contributed by atoms with van der Waals surface area (Å²) in [6, 6.07) is 5.78. The summed E-state index contributed by atoms with van der Waals surface area (Å²) in [7, 11) is 0. The fraction of sp³-hybridized carbons (Fsp3) is 0.476. The maximum atomic E-state index is 12.9. The van der Waals surface area contributed by atoms with Gasteiger partial charge in [0.05, 0.1) is 11.8 Å². The molecule has 1 N–H and O–H groups in total. The van der Waals surface area contributed by atoms with E-state index in [9.17, 15) is 14.4 Å². The largest absolute Gasteiger partial charge is 0.324 e. The van der Waals surface area contributed by atoms with Crippen molar-refractivity contribution in [1.82, 2.24) is 4.90 Å². The minimum atomic E-state index is -0.317. The molecule has 26 heavy (non-hydrogen) atoms. The number of amides is 3. The van der Waals surface area contributed by atoms with E-state index >= 15 is 0 Å². The molecule has 4 aliphatic carbocycles. The highest BCUT2D eigenvalue weighted by molar-refractivity contribution is 6.09. The first kappa shape index (κ1) is 15.8. The standard InChI is InChI=1S/C21H22N2O3/c1-10-3-6-16(11(2)7-10)22-17(24)9-23-20(25)18-12-4-5-13(15-8-14(12)15)19(18)21(23)26/h3-7,12-15,18-19H,8-9H2,1-2H3,(H,22,24)/t12-,13-,14-,15+,18+,19+/m0/s1. The number of hydrogen-bond donors (Lipinski definition) is 1. The zero-order chi connectivity index (χ0) is 18.2. The van der Waals surface area contributed by atoms with Gasteiger partial charge in [0.2, 0.25) is 17.7 Å². The lowest BCUT2D eigenvalue weighted by molar-refractivity contribution is -0.142. The minimum Gasteiger partial charge on any atom is -0.324 e. The summed E-state index contributed by atoms with van der Waals surface area (Å²) in [4.78, 5) is 39.5. The van der Waals surface area contributed by atoms with Crippen molar-refractivity contribution in [3.05, 3.63) is 41.5 Å². The Hall–Kier alpha value is -2.43. The molecule has 2 bridgehead atoms. The van der Waals surface area contributed by atoms with Gasteiger partial charge in [0.1, 0.15) is 6.54 Å². The number of carbonyl (C=O) groups is 3. The number of carbonyl (C=O) groups excluding carboxylic acids is 3. The second-order valence-electron chi connectivity index (χ2n) is 8.28. The number of hydrogen-bond acceptors (Lipinski definition) is 3. The van der Waals surface area contributed by atoms with Gasteiger partial charge >= 0.3 is 0 Å². The number of likely N-dealkylation sites (tertiary alicyclic amines) is 1. The van der Waals surface area contributed by atoms with Crippen LogP contribution in [0.1, 0.15) is 17.5 Å². The van der Waals surface area contributed by atoms with Gasteiger partial charge in [0.15, 0.2) is 0 Å². The Bertz CT molecular complexity index is 838. The molecule has 0 aromatic heterocycles. The normalized spacial score (nSPS) is 36.2. The van der Waals surface area contributed by atoms with Gasteiger partial charge < -0.3 is 5.32 Å². The van der Waals surface area contributed by atoms with Crippen LogP contribution in [0.4, 0.5) is 5.69 Å². The average molecular weight is 350 g/mol. The Labute approximate surface area is 152 Å². The fourth-order valence-electron chi connectivity index (χ4n) is 5.46. The summed E-state index contributed by atoms with van der Waals surface area (Å²) < 4.78 is 0. The number of benzene rings is 1. The number of anilines is 1. The van der Waals surface area contributed by atoms with Crippen LogP contribution in [0.2, 0.25) is 0 Å². The predicted octanol–water partition coefficient (Wildman–Crippen LogP) is 2.30. The van der Waals surface area contributed by atoms with Gasteiger partial charge in [0, 0.05) is 5.69 Å². The van der Waals surface area contributed by atoms with Gasteiger partial charge in [-0.15, -0.1) is 0 Å². The van der Waals surface area contributed by atoms with Crippen LogP contribution in [0.3, 0.4) is 0 Å². The summed E-state index contributed by atoms with van der Waals surface area (Å²) in [5, 5.41) is 2.84. The quantitative estimate of drug-likeness (QED) is 0.672. The Kier molecular flexibility index (Phi) is 3.21. The third-order valence-corrected chi connectivity index (χ3v) is 6.71. The molecule has 5 aliphatic rings. The number of nitrogens with one attached hydrogen (secondary N) is 1. The van der Waals surface area contributed by atoms with E-state index < -0.39 is 0 Å². The molecule has 3 fully saturated rings. The van der Waals surface area contributed by atoms with Crippen LogP contribution >= 0.6 is 0 Å². The molecule has 6 rings (SSSR count). The van der Waals surface area contributed by atoms with Crippen molar-refractivity contribution in [2.45, 2.75) is 20.3 Å². The van der Waals surface area contributed by atoms with Gasteiger partial charge in [-0.3, -0.25) is 19.3 Å². The number of allylic oxidation sites excluding steroid dienone is 2. The highest BCUT2D eigenvalue weighted by Gasteiger charge is 2.67. The van der Waals surface area contributed by atoms with E-state index in [0.717, 1.165) is 23.2 Å². The van der Waals surface area contributed by atoms with Crippen LogP contribution in [-0.2, 0) is 14.4 Å². The highest BCUT2D eigenvalue weighted by atomic mass is 16.2. The first-order valence-electron chi connectivity index (χ1n) is 9.36. The van der Waals surface area contributed by atoms with Gasteiger partial charge in [-0.2, -0.15) is 0 Å². The predicted molar refractivity (Wildman–Crippen MR) is 96.0 cm³/mol. The Morgan fingerprint density at radius 1 is 1.08 bits per heavy atom. The first-order valence-corrected chi connectivity index (χ1v) is 9.36. The molecule has 0 unspecified atom stereocenters. The second-order valence-corrected chi connectivity index (χ2v) is 8.28. The maximum Gasteiger partial charge on any atom is 0.244 e. The van der Waals surface area contributed by atoms with Crippen molar-refractivity contribution < 1.29 is 14.4 Å². The van der Waals surface area contributed by atoms with E-state index in [-0.39, 0.29) is 47.9 Å². The van der Waals surface area contributed by atoms with E-state index in [1.165, 1.54) is 4.90 Å². The molecule has 1 aliphatic heterocycles. The van der Waals surface area contributed by atoms with Crippen molar-refractivity contribution in [2.75, 3.05) is 11.9 Å². The lowest BCUT2D eigenvalue weighted by Crippen LogP contribution is -2.40. The van der Waals surface area contributed by atoms with Gasteiger partial charge in [-0.05, 0) is 55.6 Å². The lowest BCUT2D eigenvalue weighted by atomic mass is 9.63. The zero-order valence-corrected chi connectivity index (χ0v) is 14.9. The molecule has 0 radical (unpaired) electrons. The number of rotatable bonds is 3. The summed E-state index contributed by atoms with van der Waals surface area (Å²) in [6.45, 7) is 3.74. The van der Waals surface area contributed by atoms with Gasteiger partial charge in [-0.25, -0.2) is 0 Å². The summed E-state index contributed by atoms with van der Waals surface area (Å²) >= 11 is 0. The average Bonchev–Trinajstić information content (AvgIpc) is 3.39. The molecule has 1 aromatic carbocycles. The Morgan fingerprint density at radius 2 is 1.69 bits per heavy atom. The van der Waals surface area contributed by atoms with Crippen molar-refractivity contribution in [3.8, 4) is 0 Å². The van der Waals surface area contributed by atoms with Crippen LogP contribution in [0.5, 0.6) is 0 Å². The van der Waals surface area contributed by atoms with Crippen molar-refractivity contribution in [1.29, 1.82) is 0 Å². The Morgan fingerprint density at radius 3 is 2.27 bits per heavy atom. The van der Waals surface area contributed by atoms with E-state index in [1.807, 2.05) is 32.0 Å². The molecule has 3 amide bonds. The van der Waals surface area contributed by atoms with Crippen molar-refractivity contribution in [2.24, 2.45) is 35.5 Å². The third-order valence-electron chi connectivity index (χ3n) is 6.71. The highest BCUT2D eigenvalue weighted by Crippen LogP contribution is 2.65. The lowest BCUT2D eigenvalue weighted by Gasteiger charge is -2.37. The second kappa shape index (κ2) is 5.29. The van der Waals surface area contributed by atoms with E-state index in [4.69, 9.17) is 0 Å². The SMILES string of the molecule is Cc1ccc(NC(=O)CN2C(=O)[C@@H]3[C@H]4C=C[C@@H]([C@@H]5C[C@H]45)[C@H]3C2=O)c(C)c1. The third kappa shape index (κ3) is 2.12.